The minimum atomic E-state index is -1.07. The highest BCUT2D eigenvalue weighted by molar-refractivity contribution is 5.78. The van der Waals surface area contributed by atoms with E-state index < -0.39 is 11.5 Å². The van der Waals surface area contributed by atoms with Crippen LogP contribution in [-0.2, 0) is 4.79 Å². The molecular weight excluding hydrogens is 214 g/mol. The van der Waals surface area contributed by atoms with E-state index in [4.69, 9.17) is 5.73 Å². The number of hydrogen-bond donors (Lipinski definition) is 2. The summed E-state index contributed by atoms with van der Waals surface area (Å²) in [6.45, 7) is 9.73. The lowest BCUT2D eigenvalue weighted by atomic mass is 9.75. The minimum Gasteiger partial charge on any atom is -0.480 e. The summed E-state index contributed by atoms with van der Waals surface area (Å²) in [4.78, 5) is 11.3. The van der Waals surface area contributed by atoms with Gasteiger partial charge in [-0.3, -0.25) is 4.79 Å². The van der Waals surface area contributed by atoms with Gasteiger partial charge in [-0.05, 0) is 37.5 Å². The van der Waals surface area contributed by atoms with Gasteiger partial charge in [0.25, 0.3) is 0 Å². The van der Waals surface area contributed by atoms with E-state index in [-0.39, 0.29) is 5.92 Å². The van der Waals surface area contributed by atoms with Crippen LogP contribution in [0, 0.1) is 11.8 Å². The number of nitrogens with two attached hydrogens (primary N) is 1. The molecule has 0 aliphatic heterocycles. The first-order chi connectivity index (χ1) is 7.92. The zero-order chi connectivity index (χ0) is 13.5. The third kappa shape index (κ3) is 4.50. The molecule has 0 aliphatic rings. The smallest absolute Gasteiger partial charge is 0.323 e. The molecule has 0 spiro atoms. The van der Waals surface area contributed by atoms with Crippen molar-refractivity contribution in [1.29, 1.82) is 0 Å². The molecule has 0 heterocycles. The van der Waals surface area contributed by atoms with Crippen molar-refractivity contribution < 1.29 is 9.90 Å². The molecule has 0 amide bonds. The average Bonchev–Trinajstić information content (AvgIpc) is 2.31. The molecule has 100 valence electrons. The summed E-state index contributed by atoms with van der Waals surface area (Å²) in [5.74, 6) is -0.334. The summed E-state index contributed by atoms with van der Waals surface area (Å²) in [6.07, 6.45) is 6.11. The summed E-state index contributed by atoms with van der Waals surface area (Å²) in [5.41, 5.74) is 4.98. The third-order valence-electron chi connectivity index (χ3n) is 3.75. The van der Waals surface area contributed by atoms with Crippen molar-refractivity contribution >= 4 is 5.97 Å². The lowest BCUT2D eigenvalue weighted by molar-refractivity contribution is -0.146. The predicted molar refractivity (Wildman–Crippen MR) is 71.8 cm³/mol. The number of allylic oxidation sites excluding steroid dienone is 1. The maximum atomic E-state index is 11.3. The Labute approximate surface area is 105 Å². The van der Waals surface area contributed by atoms with Crippen LogP contribution in [0.1, 0.15) is 52.9 Å². The first-order valence-corrected chi connectivity index (χ1v) is 6.55. The van der Waals surface area contributed by atoms with Crippen LogP contribution in [0.15, 0.2) is 12.7 Å². The number of rotatable bonds is 9. The second-order valence-corrected chi connectivity index (χ2v) is 5.01. The van der Waals surface area contributed by atoms with Crippen molar-refractivity contribution in [2.45, 2.75) is 58.4 Å². The zero-order valence-electron chi connectivity index (χ0n) is 11.4. The lowest BCUT2D eigenvalue weighted by Gasteiger charge is -2.34. The third-order valence-corrected chi connectivity index (χ3v) is 3.75. The van der Waals surface area contributed by atoms with Gasteiger partial charge in [-0.2, -0.15) is 0 Å². The number of carbonyl (C=O) groups is 1. The summed E-state index contributed by atoms with van der Waals surface area (Å²) in [5, 5.41) is 9.28. The second-order valence-electron chi connectivity index (χ2n) is 5.01. The summed E-state index contributed by atoms with van der Waals surface area (Å²) in [7, 11) is 0. The van der Waals surface area contributed by atoms with Crippen molar-refractivity contribution in [2.75, 3.05) is 0 Å². The number of hydrogen-bond acceptors (Lipinski definition) is 2. The Morgan fingerprint density at radius 3 is 2.47 bits per heavy atom. The quantitative estimate of drug-likeness (QED) is 0.609. The highest BCUT2D eigenvalue weighted by Gasteiger charge is 2.39. The molecule has 3 atom stereocenters. The van der Waals surface area contributed by atoms with Gasteiger partial charge < -0.3 is 10.8 Å². The topological polar surface area (TPSA) is 63.3 Å². The molecule has 0 rings (SSSR count). The molecule has 3 heteroatoms. The molecule has 3 N–H and O–H groups in total. The monoisotopic (exact) mass is 241 g/mol. The Bertz CT molecular complexity index is 253. The molecule has 0 radical (unpaired) electrons. The van der Waals surface area contributed by atoms with Gasteiger partial charge in [0.15, 0.2) is 0 Å². The second kappa shape index (κ2) is 7.49. The van der Waals surface area contributed by atoms with E-state index >= 15 is 0 Å². The first kappa shape index (κ1) is 16.2. The molecule has 0 aromatic carbocycles. The van der Waals surface area contributed by atoms with E-state index in [1.807, 2.05) is 19.9 Å². The maximum Gasteiger partial charge on any atom is 0.323 e. The van der Waals surface area contributed by atoms with E-state index in [1.165, 1.54) is 0 Å². The van der Waals surface area contributed by atoms with Gasteiger partial charge >= 0.3 is 5.97 Å². The highest BCUT2D eigenvalue weighted by Crippen LogP contribution is 2.30. The van der Waals surface area contributed by atoms with Crippen LogP contribution in [0.25, 0.3) is 0 Å². The molecule has 0 aromatic rings. The molecule has 0 aliphatic carbocycles. The molecule has 0 fully saturated rings. The van der Waals surface area contributed by atoms with Gasteiger partial charge in [-0.1, -0.05) is 33.3 Å². The van der Waals surface area contributed by atoms with Gasteiger partial charge in [0.2, 0.25) is 0 Å². The fraction of sp³-hybridized carbons (Fsp3) is 0.786. The molecule has 0 saturated heterocycles. The summed E-state index contributed by atoms with van der Waals surface area (Å²) >= 11 is 0. The predicted octanol–water partition coefficient (Wildman–Crippen LogP) is 3.20. The van der Waals surface area contributed by atoms with Crippen LogP contribution in [-0.4, -0.2) is 16.6 Å². The van der Waals surface area contributed by atoms with Crippen LogP contribution >= 0.6 is 0 Å². The summed E-state index contributed by atoms with van der Waals surface area (Å²) < 4.78 is 0. The number of carboxylic acids is 1. The van der Waals surface area contributed by atoms with E-state index in [0.29, 0.717) is 12.3 Å². The van der Waals surface area contributed by atoms with E-state index in [1.54, 1.807) is 0 Å². The molecule has 0 bridgehead atoms. The van der Waals surface area contributed by atoms with Crippen molar-refractivity contribution in [3.63, 3.8) is 0 Å². The van der Waals surface area contributed by atoms with Crippen molar-refractivity contribution in [3.05, 3.63) is 12.7 Å². The maximum absolute atomic E-state index is 11.3. The Hall–Kier alpha value is -0.830. The van der Waals surface area contributed by atoms with Crippen LogP contribution in [0.3, 0.4) is 0 Å². The summed E-state index contributed by atoms with van der Waals surface area (Å²) in [6, 6.07) is 0. The molecule has 3 nitrogen and oxygen atoms in total. The van der Waals surface area contributed by atoms with Gasteiger partial charge in [0.05, 0.1) is 0 Å². The van der Waals surface area contributed by atoms with Gasteiger partial charge in [0.1, 0.15) is 5.54 Å². The number of aliphatic carboxylic acids is 1. The molecule has 0 saturated carbocycles. The Balaban J connectivity index is 4.59. The zero-order valence-corrected chi connectivity index (χ0v) is 11.4. The van der Waals surface area contributed by atoms with Crippen LogP contribution in [0.5, 0.6) is 0 Å². The van der Waals surface area contributed by atoms with Crippen molar-refractivity contribution in [3.8, 4) is 0 Å². The molecule has 17 heavy (non-hydrogen) atoms. The fourth-order valence-corrected chi connectivity index (χ4v) is 2.36. The Kier molecular flexibility index (Phi) is 7.12. The van der Waals surface area contributed by atoms with Gasteiger partial charge in [-0.25, -0.2) is 0 Å². The number of carboxylic acid groups (broad SMARTS) is 1. The standard InChI is InChI=1S/C14H27NO2/c1-5-8-9-11(4)10-12(6-2)14(15,7-3)13(16)17/h5,11-12H,1,6-10,15H2,2-4H3,(H,16,17)/t11?,12-,14?/m1/s1. The van der Waals surface area contributed by atoms with E-state index in [0.717, 1.165) is 25.7 Å². The normalized spacial score (nSPS) is 18.1. The van der Waals surface area contributed by atoms with Gasteiger partial charge in [0, 0.05) is 0 Å². The van der Waals surface area contributed by atoms with Crippen LogP contribution in [0.4, 0.5) is 0 Å². The van der Waals surface area contributed by atoms with Gasteiger partial charge in [-0.15, -0.1) is 6.58 Å². The molecule has 0 aromatic heterocycles. The average molecular weight is 241 g/mol. The minimum absolute atomic E-state index is 0.0461. The van der Waals surface area contributed by atoms with Crippen molar-refractivity contribution in [2.24, 2.45) is 17.6 Å². The Morgan fingerprint density at radius 2 is 2.12 bits per heavy atom. The van der Waals surface area contributed by atoms with Crippen LogP contribution < -0.4 is 5.73 Å². The van der Waals surface area contributed by atoms with E-state index in [2.05, 4.69) is 13.5 Å². The molecular formula is C14H27NO2. The highest BCUT2D eigenvalue weighted by atomic mass is 16.4. The van der Waals surface area contributed by atoms with E-state index in [9.17, 15) is 9.90 Å². The first-order valence-electron chi connectivity index (χ1n) is 6.55. The lowest BCUT2D eigenvalue weighted by Crippen LogP contribution is -2.53. The molecule has 2 unspecified atom stereocenters. The van der Waals surface area contributed by atoms with Crippen LogP contribution in [0.2, 0.25) is 0 Å². The largest absolute Gasteiger partial charge is 0.480 e. The SMILES string of the molecule is C=CCCC(C)C[C@@H](CC)C(N)(CC)C(=O)O. The van der Waals surface area contributed by atoms with Crippen molar-refractivity contribution in [1.82, 2.24) is 0 Å². The Morgan fingerprint density at radius 1 is 1.53 bits per heavy atom. The fourth-order valence-electron chi connectivity index (χ4n) is 2.36.